The van der Waals surface area contributed by atoms with Gasteiger partial charge >= 0.3 is 5.82 Å². The van der Waals surface area contributed by atoms with Crippen LogP contribution in [0.15, 0.2) is 43.2 Å². The highest BCUT2D eigenvalue weighted by atomic mass is 35.5. The van der Waals surface area contributed by atoms with Crippen molar-refractivity contribution in [1.82, 2.24) is 24.8 Å². The Morgan fingerprint density at radius 1 is 1.15 bits per heavy atom. The van der Waals surface area contributed by atoms with Crippen LogP contribution >= 0.6 is 23.2 Å². The van der Waals surface area contributed by atoms with Crippen molar-refractivity contribution < 1.29 is 9.58 Å². The van der Waals surface area contributed by atoms with E-state index in [4.69, 9.17) is 27.9 Å². The first-order valence-electron chi connectivity index (χ1n) is 7.82. The molecule has 8 nitrogen and oxygen atoms in total. The molecule has 10 heteroatoms. The Balaban J connectivity index is 1.96. The van der Waals surface area contributed by atoms with E-state index in [1.807, 2.05) is 6.07 Å². The lowest BCUT2D eigenvalue weighted by atomic mass is 10.0. The van der Waals surface area contributed by atoms with Crippen molar-refractivity contribution in [3.05, 3.63) is 69.8 Å². The van der Waals surface area contributed by atoms with Crippen molar-refractivity contribution in [1.29, 1.82) is 0 Å². The van der Waals surface area contributed by atoms with Gasteiger partial charge in [0.25, 0.3) is 0 Å². The third-order valence-corrected chi connectivity index (χ3v) is 4.76. The largest absolute Gasteiger partial charge is 0.691 e. The molecule has 4 aromatic rings. The zero-order valence-corrected chi connectivity index (χ0v) is 15.5. The van der Waals surface area contributed by atoms with Gasteiger partial charge in [0.05, 0.1) is 28.2 Å². The zero-order chi connectivity index (χ0) is 19.0. The first-order valence-corrected chi connectivity index (χ1v) is 8.57. The molecule has 0 spiro atoms. The van der Waals surface area contributed by atoms with E-state index in [2.05, 4.69) is 20.2 Å². The van der Waals surface area contributed by atoms with Gasteiger partial charge in [0.2, 0.25) is 6.33 Å². The molecule has 0 N–H and O–H groups in total. The molecule has 0 bridgehead atoms. The molecule has 0 saturated heterocycles. The Morgan fingerprint density at radius 2 is 1.93 bits per heavy atom. The molecule has 0 saturated carbocycles. The summed E-state index contributed by atoms with van der Waals surface area (Å²) in [6.45, 7) is 0. The summed E-state index contributed by atoms with van der Waals surface area (Å²) >= 11 is 12.5. The second-order valence-electron chi connectivity index (χ2n) is 5.65. The van der Waals surface area contributed by atoms with Gasteiger partial charge in [0.1, 0.15) is 5.75 Å². The summed E-state index contributed by atoms with van der Waals surface area (Å²) in [7, 11) is 1.56. The number of aromatic nitrogens is 6. The standard InChI is InChI=1S/C17H12Cl2N6O2/c1-27-10-2-3-11-12(4-10)17(24-9-21-8-22-24)25(26)23-16(11)5-13-14(18)6-20-7-15(13)19/h2-4,6-9H,5H2,1H3. The van der Waals surface area contributed by atoms with Crippen LogP contribution in [0.4, 0.5) is 0 Å². The van der Waals surface area contributed by atoms with Crippen LogP contribution in [0.1, 0.15) is 11.3 Å². The first-order chi connectivity index (χ1) is 13.1. The van der Waals surface area contributed by atoms with Crippen LogP contribution in [-0.2, 0) is 6.42 Å². The van der Waals surface area contributed by atoms with E-state index in [9.17, 15) is 5.21 Å². The third-order valence-electron chi connectivity index (χ3n) is 4.10. The van der Waals surface area contributed by atoms with Gasteiger partial charge < -0.3 is 9.94 Å². The fraction of sp³-hybridized carbons (Fsp3) is 0.118. The second-order valence-corrected chi connectivity index (χ2v) is 6.47. The first kappa shape index (κ1) is 17.4. The molecule has 0 amide bonds. The molecule has 0 fully saturated rings. The molecule has 3 heterocycles. The summed E-state index contributed by atoms with van der Waals surface area (Å²) in [6.07, 6.45) is 6.05. The second kappa shape index (κ2) is 6.98. The summed E-state index contributed by atoms with van der Waals surface area (Å²) in [5.41, 5.74) is 1.16. The molecule has 136 valence electrons. The third kappa shape index (κ3) is 3.13. The molecule has 0 atom stereocenters. The Morgan fingerprint density at radius 3 is 2.59 bits per heavy atom. The van der Waals surface area contributed by atoms with Crippen molar-refractivity contribution in [2.45, 2.75) is 6.42 Å². The monoisotopic (exact) mass is 402 g/mol. The molecule has 4 rings (SSSR count). The van der Waals surface area contributed by atoms with E-state index in [0.29, 0.717) is 37.3 Å². The number of halogens is 2. The van der Waals surface area contributed by atoms with E-state index in [1.165, 1.54) is 29.7 Å². The summed E-state index contributed by atoms with van der Waals surface area (Å²) < 4.78 is 6.66. The number of hydrogen-bond donors (Lipinski definition) is 0. The minimum Gasteiger partial charge on any atom is -0.691 e. The maximum absolute atomic E-state index is 12.7. The van der Waals surface area contributed by atoms with Crippen molar-refractivity contribution in [2.24, 2.45) is 0 Å². The van der Waals surface area contributed by atoms with Crippen LogP contribution in [0.2, 0.25) is 10.0 Å². The van der Waals surface area contributed by atoms with Gasteiger partial charge in [-0.1, -0.05) is 38.1 Å². The minimum absolute atomic E-state index is 0.220. The molecule has 0 aliphatic carbocycles. The van der Waals surface area contributed by atoms with Gasteiger partial charge in [-0.3, -0.25) is 4.98 Å². The smallest absolute Gasteiger partial charge is 0.340 e. The summed E-state index contributed by atoms with van der Waals surface area (Å²) in [4.78, 5) is 8.36. The Hall–Kier alpha value is -2.97. The fourth-order valence-electron chi connectivity index (χ4n) is 2.83. The Bertz CT molecular complexity index is 1110. The molecular weight excluding hydrogens is 391 g/mol. The number of fused-ring (bicyclic) bond motifs is 1. The fourth-order valence-corrected chi connectivity index (χ4v) is 3.33. The summed E-state index contributed by atoms with van der Waals surface area (Å²) in [5.74, 6) is 0.818. The topological polar surface area (TPSA) is 92.7 Å². The molecule has 0 unspecified atom stereocenters. The molecule has 0 radical (unpaired) electrons. The SMILES string of the molecule is COc1ccc2c(Cc3c(Cl)cncc3Cl)n[n+]([O-])c(-n3cncn3)c2c1. The minimum atomic E-state index is 0.220. The van der Waals surface area contributed by atoms with Crippen molar-refractivity contribution in [3.63, 3.8) is 0 Å². The van der Waals surface area contributed by atoms with Crippen LogP contribution in [0.25, 0.3) is 16.6 Å². The number of rotatable bonds is 4. The number of ether oxygens (including phenoxy) is 1. The van der Waals surface area contributed by atoms with Gasteiger partial charge in [0.15, 0.2) is 6.33 Å². The van der Waals surface area contributed by atoms with E-state index in [0.717, 1.165) is 5.39 Å². The normalized spacial score (nSPS) is 11.1. The van der Waals surface area contributed by atoms with Crippen LogP contribution in [0, 0.1) is 5.21 Å². The predicted octanol–water partition coefficient (Wildman–Crippen LogP) is 2.75. The van der Waals surface area contributed by atoms with Gasteiger partial charge in [-0.15, -0.1) is 4.85 Å². The lowest BCUT2D eigenvalue weighted by Gasteiger charge is -2.13. The lowest BCUT2D eigenvalue weighted by molar-refractivity contribution is -0.663. The van der Waals surface area contributed by atoms with E-state index < -0.39 is 0 Å². The molecule has 0 aliphatic rings. The lowest BCUT2D eigenvalue weighted by Crippen LogP contribution is -2.38. The van der Waals surface area contributed by atoms with Crippen LogP contribution in [0.3, 0.4) is 0 Å². The zero-order valence-electron chi connectivity index (χ0n) is 14.0. The van der Waals surface area contributed by atoms with Gasteiger partial charge in [-0.2, -0.15) is 4.98 Å². The Kier molecular flexibility index (Phi) is 4.51. The highest BCUT2D eigenvalue weighted by Crippen LogP contribution is 2.30. The molecule has 3 aromatic heterocycles. The van der Waals surface area contributed by atoms with Crippen molar-refractivity contribution in [3.8, 4) is 11.6 Å². The number of benzene rings is 1. The number of methoxy groups -OCH3 is 1. The van der Waals surface area contributed by atoms with E-state index >= 15 is 0 Å². The van der Waals surface area contributed by atoms with Gasteiger partial charge in [0, 0.05) is 24.2 Å². The highest BCUT2D eigenvalue weighted by Gasteiger charge is 2.21. The number of nitrogens with zero attached hydrogens (tertiary/aromatic N) is 6. The summed E-state index contributed by atoms with van der Waals surface area (Å²) in [6, 6.07) is 5.38. The van der Waals surface area contributed by atoms with E-state index in [-0.39, 0.29) is 12.2 Å². The summed E-state index contributed by atoms with van der Waals surface area (Å²) in [5, 5.41) is 23.1. The molecule has 0 aliphatic heterocycles. The van der Waals surface area contributed by atoms with Crippen LogP contribution in [-0.4, -0.2) is 32.0 Å². The quantitative estimate of drug-likeness (QED) is 0.384. The molecule has 1 aromatic carbocycles. The maximum Gasteiger partial charge on any atom is 0.340 e. The predicted molar refractivity (Wildman–Crippen MR) is 99.2 cm³/mol. The highest BCUT2D eigenvalue weighted by molar-refractivity contribution is 6.35. The molecule has 27 heavy (non-hydrogen) atoms. The average Bonchev–Trinajstić information content (AvgIpc) is 3.18. The van der Waals surface area contributed by atoms with Crippen molar-refractivity contribution in [2.75, 3.05) is 7.11 Å². The maximum atomic E-state index is 12.7. The van der Waals surface area contributed by atoms with Gasteiger partial charge in [-0.25, -0.2) is 0 Å². The molecular formula is C17H12Cl2N6O2. The number of pyridine rings is 1. The van der Waals surface area contributed by atoms with E-state index in [1.54, 1.807) is 19.2 Å². The van der Waals surface area contributed by atoms with Crippen LogP contribution < -0.4 is 9.58 Å². The van der Waals surface area contributed by atoms with Crippen molar-refractivity contribution >= 4 is 34.0 Å². The Labute approximate surface area is 163 Å². The van der Waals surface area contributed by atoms with Gasteiger partial charge in [-0.05, 0) is 23.8 Å². The van der Waals surface area contributed by atoms with Crippen LogP contribution in [0.5, 0.6) is 5.75 Å². The average molecular weight is 403 g/mol. The number of hydrogen-bond acceptors (Lipinski definition) is 6.